The molecule has 20 heavy (non-hydrogen) atoms. The molecule has 6 nitrogen and oxygen atoms in total. The zero-order valence-corrected chi connectivity index (χ0v) is 11.6. The summed E-state index contributed by atoms with van der Waals surface area (Å²) in [5.41, 5.74) is 0.360. The third-order valence-electron chi connectivity index (χ3n) is 3.13. The molecule has 0 saturated carbocycles. The van der Waals surface area contributed by atoms with Gasteiger partial charge in [-0.2, -0.15) is 0 Å². The summed E-state index contributed by atoms with van der Waals surface area (Å²) >= 11 is 0. The lowest BCUT2D eigenvalue weighted by Gasteiger charge is -2.15. The van der Waals surface area contributed by atoms with Crippen molar-refractivity contribution in [2.24, 2.45) is 0 Å². The second kappa shape index (κ2) is 5.81. The van der Waals surface area contributed by atoms with Crippen molar-refractivity contribution in [3.63, 3.8) is 0 Å². The van der Waals surface area contributed by atoms with Crippen molar-refractivity contribution in [1.29, 1.82) is 0 Å². The van der Waals surface area contributed by atoms with E-state index in [0.717, 1.165) is 0 Å². The first-order valence-corrected chi connectivity index (χ1v) is 6.14. The van der Waals surface area contributed by atoms with Crippen LogP contribution in [-0.4, -0.2) is 39.2 Å². The van der Waals surface area contributed by atoms with Gasteiger partial charge in [0.2, 0.25) is 11.5 Å². The molecule has 2 rings (SSSR count). The number of hydrogen-bond donors (Lipinski definition) is 0. The molecule has 0 amide bonds. The summed E-state index contributed by atoms with van der Waals surface area (Å²) in [6, 6.07) is 3.10. The summed E-state index contributed by atoms with van der Waals surface area (Å²) in [5, 5.41) is 0. The summed E-state index contributed by atoms with van der Waals surface area (Å²) in [6.45, 7) is 0. The lowest BCUT2D eigenvalue weighted by atomic mass is 10.0. The first-order chi connectivity index (χ1) is 9.60. The fourth-order valence-corrected chi connectivity index (χ4v) is 2.12. The van der Waals surface area contributed by atoms with Gasteiger partial charge in [-0.25, -0.2) is 0 Å². The van der Waals surface area contributed by atoms with Crippen molar-refractivity contribution in [3.05, 3.63) is 17.7 Å². The number of benzene rings is 1. The van der Waals surface area contributed by atoms with Gasteiger partial charge in [0.1, 0.15) is 0 Å². The number of hydrogen-bond acceptors (Lipinski definition) is 6. The molecule has 0 aromatic heterocycles. The first kappa shape index (κ1) is 14.2. The first-order valence-electron chi connectivity index (χ1n) is 6.14. The number of rotatable bonds is 5. The second-order valence-electron chi connectivity index (χ2n) is 4.30. The predicted molar refractivity (Wildman–Crippen MR) is 69.5 cm³/mol. The van der Waals surface area contributed by atoms with E-state index >= 15 is 0 Å². The molecule has 1 aliphatic heterocycles. The van der Waals surface area contributed by atoms with Gasteiger partial charge in [-0.05, 0) is 12.1 Å². The summed E-state index contributed by atoms with van der Waals surface area (Å²) < 4.78 is 20.5. The Labute approximate surface area is 116 Å². The van der Waals surface area contributed by atoms with E-state index in [1.807, 2.05) is 0 Å². The van der Waals surface area contributed by atoms with Crippen LogP contribution < -0.4 is 14.2 Å². The van der Waals surface area contributed by atoms with Gasteiger partial charge in [-0.15, -0.1) is 0 Å². The molecule has 1 atom stereocenters. The maximum absolute atomic E-state index is 12.3. The number of ketones is 1. The summed E-state index contributed by atoms with van der Waals surface area (Å²) in [7, 11) is 4.43. The highest BCUT2D eigenvalue weighted by molar-refractivity contribution is 6.02. The Hall–Kier alpha value is -2.24. The molecule has 0 N–H and O–H groups in total. The second-order valence-corrected chi connectivity index (χ2v) is 4.30. The maximum atomic E-state index is 12.3. The van der Waals surface area contributed by atoms with Crippen molar-refractivity contribution in [2.45, 2.75) is 18.9 Å². The van der Waals surface area contributed by atoms with Crippen LogP contribution in [-0.2, 0) is 9.53 Å². The van der Waals surface area contributed by atoms with Crippen molar-refractivity contribution in [1.82, 2.24) is 0 Å². The minimum Gasteiger partial charge on any atom is -0.493 e. The van der Waals surface area contributed by atoms with Gasteiger partial charge in [0.25, 0.3) is 0 Å². The number of methoxy groups -OCH3 is 3. The summed E-state index contributed by atoms with van der Waals surface area (Å²) in [5.74, 6) is 0.569. The lowest BCUT2D eigenvalue weighted by Crippen LogP contribution is -2.20. The molecule has 0 bridgehead atoms. The minimum atomic E-state index is -0.731. The van der Waals surface area contributed by atoms with Crippen LogP contribution in [0.5, 0.6) is 17.2 Å². The fourth-order valence-electron chi connectivity index (χ4n) is 2.12. The van der Waals surface area contributed by atoms with E-state index in [-0.39, 0.29) is 18.2 Å². The van der Waals surface area contributed by atoms with Crippen molar-refractivity contribution in [2.75, 3.05) is 21.3 Å². The quantitative estimate of drug-likeness (QED) is 0.602. The van der Waals surface area contributed by atoms with E-state index in [4.69, 9.17) is 18.9 Å². The molecule has 1 aromatic rings. The van der Waals surface area contributed by atoms with Gasteiger partial charge in [-0.1, -0.05) is 0 Å². The average Bonchev–Trinajstić information content (AvgIpc) is 2.91. The van der Waals surface area contributed by atoms with Crippen molar-refractivity contribution >= 4 is 11.8 Å². The SMILES string of the molecule is COc1cc(C(=O)C2CCC(=O)O2)cc(OC)c1OC. The van der Waals surface area contributed by atoms with Crippen LogP contribution in [0.3, 0.4) is 0 Å². The Balaban J connectivity index is 2.36. The number of esters is 1. The summed E-state index contributed by atoms with van der Waals surface area (Å²) in [4.78, 5) is 23.4. The van der Waals surface area contributed by atoms with Crippen LogP contribution in [0.1, 0.15) is 23.2 Å². The average molecular weight is 280 g/mol. The van der Waals surface area contributed by atoms with Gasteiger partial charge >= 0.3 is 5.97 Å². The van der Waals surface area contributed by atoms with E-state index < -0.39 is 6.10 Å². The predicted octanol–water partition coefficient (Wildman–Crippen LogP) is 1.60. The molecule has 6 heteroatoms. The molecule has 1 aromatic carbocycles. The van der Waals surface area contributed by atoms with Gasteiger partial charge in [-0.3, -0.25) is 9.59 Å². The van der Waals surface area contributed by atoms with E-state index in [1.54, 1.807) is 12.1 Å². The molecule has 1 fully saturated rings. The van der Waals surface area contributed by atoms with Gasteiger partial charge in [0.15, 0.2) is 17.6 Å². The van der Waals surface area contributed by atoms with E-state index in [2.05, 4.69) is 0 Å². The molecule has 1 aliphatic rings. The standard InChI is InChI=1S/C14H16O6/c1-17-10-6-8(7-11(18-2)14(10)19-3)13(16)9-4-5-12(15)20-9/h6-7,9H,4-5H2,1-3H3. The van der Waals surface area contributed by atoms with Crippen LogP contribution in [0.25, 0.3) is 0 Å². The molecule has 0 aliphatic carbocycles. The molecular formula is C14H16O6. The molecule has 0 spiro atoms. The lowest BCUT2D eigenvalue weighted by molar-refractivity contribution is -0.140. The third-order valence-corrected chi connectivity index (χ3v) is 3.13. The maximum Gasteiger partial charge on any atom is 0.306 e. The molecule has 108 valence electrons. The monoisotopic (exact) mass is 280 g/mol. The third kappa shape index (κ3) is 2.54. The van der Waals surface area contributed by atoms with Crippen molar-refractivity contribution < 1.29 is 28.5 Å². The number of carbonyl (C=O) groups excluding carboxylic acids is 2. The number of carbonyl (C=O) groups is 2. The number of ether oxygens (including phenoxy) is 4. The fraction of sp³-hybridized carbons (Fsp3) is 0.429. The normalized spacial score (nSPS) is 17.6. The molecule has 1 saturated heterocycles. The highest BCUT2D eigenvalue weighted by Gasteiger charge is 2.31. The van der Waals surface area contributed by atoms with Gasteiger partial charge < -0.3 is 18.9 Å². The molecule has 1 heterocycles. The molecular weight excluding hydrogens is 264 g/mol. The molecule has 1 unspecified atom stereocenters. The largest absolute Gasteiger partial charge is 0.493 e. The van der Waals surface area contributed by atoms with Crippen LogP contribution in [0.4, 0.5) is 0 Å². The summed E-state index contributed by atoms with van der Waals surface area (Å²) in [6.07, 6.45) is -0.0693. The Bertz CT molecular complexity index is 511. The van der Waals surface area contributed by atoms with E-state index in [0.29, 0.717) is 29.2 Å². The highest BCUT2D eigenvalue weighted by atomic mass is 16.6. The zero-order chi connectivity index (χ0) is 14.7. The number of Topliss-reactive ketones (excluding diaryl/α,β-unsaturated/α-hetero) is 1. The Kier molecular flexibility index (Phi) is 4.12. The van der Waals surface area contributed by atoms with Gasteiger partial charge in [0.05, 0.1) is 21.3 Å². The Morgan fingerprint density at radius 2 is 1.75 bits per heavy atom. The van der Waals surface area contributed by atoms with E-state index in [1.165, 1.54) is 21.3 Å². The van der Waals surface area contributed by atoms with Crippen LogP contribution in [0, 0.1) is 0 Å². The van der Waals surface area contributed by atoms with Gasteiger partial charge in [0, 0.05) is 18.4 Å². The van der Waals surface area contributed by atoms with Crippen LogP contribution >= 0.6 is 0 Å². The van der Waals surface area contributed by atoms with E-state index in [9.17, 15) is 9.59 Å². The van der Waals surface area contributed by atoms with Crippen LogP contribution in [0.15, 0.2) is 12.1 Å². The van der Waals surface area contributed by atoms with Crippen molar-refractivity contribution in [3.8, 4) is 17.2 Å². The Morgan fingerprint density at radius 1 is 1.15 bits per heavy atom. The topological polar surface area (TPSA) is 71.1 Å². The highest BCUT2D eigenvalue weighted by Crippen LogP contribution is 2.38. The number of cyclic esters (lactones) is 1. The van der Waals surface area contributed by atoms with Crippen LogP contribution in [0.2, 0.25) is 0 Å². The Morgan fingerprint density at radius 3 is 2.15 bits per heavy atom. The smallest absolute Gasteiger partial charge is 0.306 e. The zero-order valence-electron chi connectivity index (χ0n) is 11.6. The minimum absolute atomic E-state index is 0.265. The molecule has 0 radical (unpaired) electrons.